The molecule has 0 bridgehead atoms. The molecule has 7 heteroatoms. The molecular formula is C16H16N4O2S. The molecule has 0 saturated heterocycles. The number of thiazole rings is 1. The standard InChI is InChI=1S/C16H16N4O2S/c1-3-22-14-6-4-12(5-7-14)15(21)20-18-9-13(8-17)16-19-11(2)10-23-16/h4-7,9-10,18H,3H2,1-2H3,(H,20,21)/b13-9+. The third-order valence-electron chi connectivity index (χ3n) is 2.80. The zero-order chi connectivity index (χ0) is 16.7. The highest BCUT2D eigenvalue weighted by atomic mass is 32.1. The highest BCUT2D eigenvalue weighted by Gasteiger charge is 2.07. The molecule has 0 aliphatic heterocycles. The SMILES string of the molecule is CCOc1ccc(C(=O)NN/C=C(\C#N)c2nc(C)cs2)cc1. The number of nitrogens with one attached hydrogen (secondary N) is 2. The third kappa shape index (κ3) is 4.56. The quantitative estimate of drug-likeness (QED) is 0.629. The number of benzene rings is 1. The van der Waals surface area contributed by atoms with E-state index in [9.17, 15) is 4.79 Å². The van der Waals surface area contributed by atoms with E-state index in [2.05, 4.69) is 15.8 Å². The maximum Gasteiger partial charge on any atom is 0.269 e. The predicted octanol–water partition coefficient (Wildman–Crippen LogP) is 2.65. The molecule has 0 aliphatic carbocycles. The minimum absolute atomic E-state index is 0.308. The molecule has 0 fully saturated rings. The molecule has 0 spiro atoms. The van der Waals surface area contributed by atoms with Gasteiger partial charge in [0.15, 0.2) is 0 Å². The number of nitriles is 1. The van der Waals surface area contributed by atoms with Crippen LogP contribution in [0.3, 0.4) is 0 Å². The van der Waals surface area contributed by atoms with Crippen molar-refractivity contribution in [2.24, 2.45) is 0 Å². The Morgan fingerprint density at radius 3 is 2.74 bits per heavy atom. The molecule has 0 aliphatic rings. The second-order valence-electron chi connectivity index (χ2n) is 4.52. The van der Waals surface area contributed by atoms with E-state index < -0.39 is 0 Å². The lowest BCUT2D eigenvalue weighted by Crippen LogP contribution is -2.33. The van der Waals surface area contributed by atoms with E-state index >= 15 is 0 Å². The Labute approximate surface area is 138 Å². The van der Waals surface area contributed by atoms with Gasteiger partial charge in [-0.15, -0.1) is 11.3 Å². The van der Waals surface area contributed by atoms with Crippen LogP contribution in [-0.4, -0.2) is 17.5 Å². The van der Waals surface area contributed by atoms with Crippen molar-refractivity contribution < 1.29 is 9.53 Å². The van der Waals surface area contributed by atoms with Crippen LogP contribution in [-0.2, 0) is 0 Å². The summed E-state index contributed by atoms with van der Waals surface area (Å²) in [6, 6.07) is 8.84. The van der Waals surface area contributed by atoms with Gasteiger partial charge in [-0.25, -0.2) is 4.98 Å². The van der Waals surface area contributed by atoms with Gasteiger partial charge in [0.2, 0.25) is 0 Å². The van der Waals surface area contributed by atoms with E-state index in [1.807, 2.05) is 25.3 Å². The fraction of sp³-hybridized carbons (Fsp3) is 0.188. The largest absolute Gasteiger partial charge is 0.494 e. The fourth-order valence-electron chi connectivity index (χ4n) is 1.73. The normalized spacial score (nSPS) is 10.7. The summed E-state index contributed by atoms with van der Waals surface area (Å²) in [6.45, 7) is 4.33. The van der Waals surface area contributed by atoms with E-state index in [-0.39, 0.29) is 5.91 Å². The van der Waals surface area contributed by atoms with E-state index in [1.54, 1.807) is 24.3 Å². The van der Waals surface area contributed by atoms with Crippen molar-refractivity contribution in [3.05, 3.63) is 52.1 Å². The number of carbonyl (C=O) groups excluding carboxylic acids is 1. The van der Waals surface area contributed by atoms with Gasteiger partial charge in [-0.05, 0) is 38.1 Å². The second-order valence-corrected chi connectivity index (χ2v) is 5.38. The van der Waals surface area contributed by atoms with Crippen LogP contribution in [0.5, 0.6) is 5.75 Å². The predicted molar refractivity (Wildman–Crippen MR) is 88.7 cm³/mol. The Bertz CT molecular complexity index is 744. The number of aryl methyl sites for hydroxylation is 1. The molecule has 0 atom stereocenters. The molecular weight excluding hydrogens is 312 g/mol. The summed E-state index contributed by atoms with van der Waals surface area (Å²) in [7, 11) is 0. The Hall–Kier alpha value is -2.85. The minimum atomic E-state index is -0.308. The van der Waals surface area contributed by atoms with E-state index in [0.717, 1.165) is 5.69 Å². The molecule has 23 heavy (non-hydrogen) atoms. The number of hydrazine groups is 1. The first-order valence-corrected chi connectivity index (χ1v) is 7.83. The number of carbonyl (C=O) groups is 1. The van der Waals surface area contributed by atoms with Crippen molar-refractivity contribution in [1.29, 1.82) is 5.26 Å². The summed E-state index contributed by atoms with van der Waals surface area (Å²) < 4.78 is 5.32. The average molecular weight is 328 g/mol. The van der Waals surface area contributed by atoms with Crippen molar-refractivity contribution >= 4 is 22.8 Å². The highest BCUT2D eigenvalue weighted by Crippen LogP contribution is 2.17. The zero-order valence-electron chi connectivity index (χ0n) is 12.8. The molecule has 2 rings (SSSR count). The Balaban J connectivity index is 1.95. The van der Waals surface area contributed by atoms with Crippen LogP contribution in [0.4, 0.5) is 0 Å². The number of hydrogen-bond acceptors (Lipinski definition) is 6. The second kappa shape index (κ2) is 7.96. The van der Waals surface area contributed by atoms with Crippen LogP contribution in [0.25, 0.3) is 5.57 Å². The van der Waals surface area contributed by atoms with Gasteiger partial charge in [-0.3, -0.25) is 10.2 Å². The number of rotatable bonds is 6. The lowest BCUT2D eigenvalue weighted by Gasteiger charge is -2.06. The highest BCUT2D eigenvalue weighted by molar-refractivity contribution is 7.10. The van der Waals surface area contributed by atoms with Gasteiger partial charge in [0.25, 0.3) is 5.91 Å². The first-order chi connectivity index (χ1) is 11.1. The number of hydrogen-bond donors (Lipinski definition) is 2. The molecule has 0 saturated carbocycles. The molecule has 0 unspecified atom stereocenters. The van der Waals surface area contributed by atoms with Crippen molar-refractivity contribution in [1.82, 2.24) is 15.8 Å². The van der Waals surface area contributed by atoms with Crippen LogP contribution in [0.2, 0.25) is 0 Å². The summed E-state index contributed by atoms with van der Waals surface area (Å²) in [4.78, 5) is 16.2. The number of aromatic nitrogens is 1. The summed E-state index contributed by atoms with van der Waals surface area (Å²) in [5, 5.41) is 11.6. The Morgan fingerprint density at radius 2 is 2.17 bits per heavy atom. The van der Waals surface area contributed by atoms with Gasteiger partial charge in [0.05, 0.1) is 6.61 Å². The lowest BCUT2D eigenvalue weighted by atomic mass is 10.2. The first kappa shape index (κ1) is 16.5. The van der Waals surface area contributed by atoms with Gasteiger partial charge in [-0.2, -0.15) is 5.26 Å². The molecule has 6 nitrogen and oxygen atoms in total. The van der Waals surface area contributed by atoms with E-state index in [0.29, 0.717) is 28.5 Å². The van der Waals surface area contributed by atoms with Crippen LogP contribution >= 0.6 is 11.3 Å². The molecule has 1 amide bonds. The topological polar surface area (TPSA) is 87.0 Å². The summed E-state index contributed by atoms with van der Waals surface area (Å²) in [5.74, 6) is 0.403. The zero-order valence-corrected chi connectivity index (χ0v) is 13.6. The lowest BCUT2D eigenvalue weighted by molar-refractivity contribution is 0.0941. The van der Waals surface area contributed by atoms with Gasteiger partial charge in [-0.1, -0.05) is 0 Å². The van der Waals surface area contributed by atoms with Crippen LogP contribution in [0, 0.1) is 18.3 Å². The summed E-state index contributed by atoms with van der Waals surface area (Å²) in [6.07, 6.45) is 1.42. The maximum atomic E-state index is 12.0. The van der Waals surface area contributed by atoms with Gasteiger partial charge in [0, 0.05) is 22.8 Å². The first-order valence-electron chi connectivity index (χ1n) is 6.95. The van der Waals surface area contributed by atoms with Crippen LogP contribution in [0.15, 0.2) is 35.8 Å². The summed E-state index contributed by atoms with van der Waals surface area (Å²) in [5.41, 5.74) is 6.84. The molecule has 2 aromatic rings. The summed E-state index contributed by atoms with van der Waals surface area (Å²) >= 11 is 1.38. The number of allylic oxidation sites excluding steroid dienone is 1. The van der Waals surface area contributed by atoms with Gasteiger partial charge >= 0.3 is 0 Å². The molecule has 1 aromatic carbocycles. The van der Waals surface area contributed by atoms with Crippen molar-refractivity contribution in [3.63, 3.8) is 0 Å². The third-order valence-corrected chi connectivity index (χ3v) is 3.79. The Morgan fingerprint density at radius 1 is 1.43 bits per heavy atom. The van der Waals surface area contributed by atoms with Gasteiger partial charge in [0.1, 0.15) is 22.4 Å². The average Bonchev–Trinajstić information content (AvgIpc) is 2.98. The number of ether oxygens (including phenoxy) is 1. The number of amides is 1. The molecule has 0 radical (unpaired) electrons. The maximum absolute atomic E-state index is 12.0. The van der Waals surface area contributed by atoms with Crippen LogP contribution < -0.4 is 15.6 Å². The minimum Gasteiger partial charge on any atom is -0.494 e. The molecule has 2 N–H and O–H groups in total. The fourth-order valence-corrected chi connectivity index (χ4v) is 2.50. The molecule has 118 valence electrons. The van der Waals surface area contributed by atoms with Crippen LogP contribution in [0.1, 0.15) is 28.0 Å². The molecule has 1 aromatic heterocycles. The smallest absolute Gasteiger partial charge is 0.269 e. The monoisotopic (exact) mass is 328 g/mol. The van der Waals surface area contributed by atoms with Gasteiger partial charge < -0.3 is 10.2 Å². The van der Waals surface area contributed by atoms with E-state index in [4.69, 9.17) is 10.00 Å². The van der Waals surface area contributed by atoms with Crippen molar-refractivity contribution in [2.75, 3.05) is 6.61 Å². The number of nitrogens with zero attached hydrogens (tertiary/aromatic N) is 2. The Kier molecular flexibility index (Phi) is 5.72. The van der Waals surface area contributed by atoms with Crippen molar-refractivity contribution in [3.8, 4) is 11.8 Å². The van der Waals surface area contributed by atoms with Crippen molar-refractivity contribution in [2.45, 2.75) is 13.8 Å². The van der Waals surface area contributed by atoms with E-state index in [1.165, 1.54) is 17.5 Å². The molecule has 1 heterocycles.